The molecule has 8 heavy (non-hydrogen) atoms. The zero-order valence-electron chi connectivity index (χ0n) is 5.68. The number of hydrogen-bond donors (Lipinski definition) is 0. The Hall–Kier alpha value is -0.0800. The maximum Gasteiger partial charge on any atom is 0.0949 e. The van der Waals surface area contributed by atoms with Gasteiger partial charge in [-0.25, -0.2) is 5.11 Å². The summed E-state index contributed by atoms with van der Waals surface area (Å²) >= 11 is 0. The molecule has 0 aliphatic heterocycles. The van der Waals surface area contributed by atoms with Gasteiger partial charge in [-0.15, -0.1) is 0 Å². The van der Waals surface area contributed by atoms with Crippen molar-refractivity contribution in [3.63, 3.8) is 0 Å². The van der Waals surface area contributed by atoms with Crippen LogP contribution in [0.5, 0.6) is 0 Å². The van der Waals surface area contributed by atoms with Crippen molar-refractivity contribution in [2.45, 2.75) is 13.8 Å². The third kappa shape index (κ3) is 2.99. The van der Waals surface area contributed by atoms with Gasteiger partial charge in [0.1, 0.15) is 0 Å². The summed E-state index contributed by atoms with van der Waals surface area (Å²) in [6.45, 7) is 6.87. The molecule has 2 nitrogen and oxygen atoms in total. The minimum atomic E-state index is 0.0294. The first-order valence-electron chi connectivity index (χ1n) is 3.15. The van der Waals surface area contributed by atoms with Gasteiger partial charge in [0.25, 0.3) is 0 Å². The van der Waals surface area contributed by atoms with Gasteiger partial charge in [-0.1, -0.05) is 13.8 Å². The van der Waals surface area contributed by atoms with Crippen LogP contribution in [-0.2, 0) is 5.11 Å². The average molecular weight is 116 g/mol. The van der Waals surface area contributed by atoms with Crippen molar-refractivity contribution in [1.29, 1.82) is 0 Å². The molecule has 0 saturated heterocycles. The molecule has 0 aromatic rings. The molecular weight excluding hydrogens is 102 g/mol. The Morgan fingerprint density at radius 3 is 1.88 bits per heavy atom. The number of nitrogens with zero attached hydrogens (tertiary/aromatic N) is 1. The second kappa shape index (κ2) is 5.06. The SMILES string of the molecule is CCN(CC)CC[O]. The molecule has 0 heterocycles. The van der Waals surface area contributed by atoms with Crippen molar-refractivity contribution in [2.75, 3.05) is 26.2 Å². The number of hydrogen-bond acceptors (Lipinski definition) is 1. The van der Waals surface area contributed by atoms with Crippen LogP contribution >= 0.6 is 0 Å². The molecule has 0 aromatic carbocycles. The van der Waals surface area contributed by atoms with E-state index in [1.54, 1.807) is 0 Å². The van der Waals surface area contributed by atoms with Gasteiger partial charge >= 0.3 is 0 Å². The highest BCUT2D eigenvalue weighted by atomic mass is 16.3. The standard InChI is InChI=1S/C6H14NO/c1-3-7(4-2)5-6-8/h3-6H2,1-2H3. The van der Waals surface area contributed by atoms with Gasteiger partial charge < -0.3 is 4.90 Å². The Labute approximate surface area is 51.1 Å². The summed E-state index contributed by atoms with van der Waals surface area (Å²) in [6.07, 6.45) is 0. The van der Waals surface area contributed by atoms with Gasteiger partial charge in [-0.3, -0.25) is 0 Å². The third-order valence-electron chi connectivity index (χ3n) is 1.30. The zero-order valence-corrected chi connectivity index (χ0v) is 5.68. The van der Waals surface area contributed by atoms with Crippen LogP contribution in [0.25, 0.3) is 0 Å². The van der Waals surface area contributed by atoms with Crippen LogP contribution in [0, 0.1) is 0 Å². The van der Waals surface area contributed by atoms with Crippen molar-refractivity contribution >= 4 is 0 Å². The van der Waals surface area contributed by atoms with E-state index < -0.39 is 0 Å². The number of rotatable bonds is 4. The minimum absolute atomic E-state index is 0.0294. The normalized spacial score (nSPS) is 10.5. The lowest BCUT2D eigenvalue weighted by Gasteiger charge is -2.14. The van der Waals surface area contributed by atoms with E-state index in [1.807, 2.05) is 0 Å². The highest BCUT2D eigenvalue weighted by Crippen LogP contribution is 1.82. The molecule has 0 amide bonds. The van der Waals surface area contributed by atoms with Crippen LogP contribution in [0.3, 0.4) is 0 Å². The summed E-state index contributed by atoms with van der Waals surface area (Å²) in [4.78, 5) is 2.12. The zero-order chi connectivity index (χ0) is 6.41. The molecule has 0 aromatic heterocycles. The molecular formula is C6H14NO. The van der Waals surface area contributed by atoms with Crippen LogP contribution in [0.15, 0.2) is 0 Å². The van der Waals surface area contributed by atoms with Crippen molar-refractivity contribution < 1.29 is 5.11 Å². The first-order valence-corrected chi connectivity index (χ1v) is 3.15. The highest BCUT2D eigenvalue weighted by Gasteiger charge is 1.94. The molecule has 0 atom stereocenters. The molecule has 0 unspecified atom stereocenters. The summed E-state index contributed by atoms with van der Waals surface area (Å²) in [5.74, 6) is 0. The molecule has 49 valence electrons. The molecule has 0 saturated carbocycles. The molecule has 0 aliphatic carbocycles. The van der Waals surface area contributed by atoms with Gasteiger partial charge in [0.05, 0.1) is 6.61 Å². The summed E-state index contributed by atoms with van der Waals surface area (Å²) in [5, 5.41) is 10.0. The van der Waals surface area contributed by atoms with Crippen molar-refractivity contribution in [3.8, 4) is 0 Å². The third-order valence-corrected chi connectivity index (χ3v) is 1.30. The molecule has 0 bridgehead atoms. The van der Waals surface area contributed by atoms with E-state index in [0.29, 0.717) is 6.54 Å². The van der Waals surface area contributed by atoms with E-state index in [-0.39, 0.29) is 6.61 Å². The van der Waals surface area contributed by atoms with E-state index in [0.717, 1.165) is 13.1 Å². The molecule has 0 N–H and O–H groups in total. The predicted octanol–water partition coefficient (Wildman–Crippen LogP) is 0.759. The molecule has 0 aliphatic rings. The van der Waals surface area contributed by atoms with Gasteiger partial charge in [0.15, 0.2) is 0 Å². The average Bonchev–Trinajstić information content (AvgIpc) is 1.83. The Kier molecular flexibility index (Phi) is 5.01. The van der Waals surface area contributed by atoms with Crippen LogP contribution in [0.1, 0.15) is 13.8 Å². The van der Waals surface area contributed by atoms with Gasteiger partial charge in [-0.2, -0.15) is 0 Å². The van der Waals surface area contributed by atoms with Crippen molar-refractivity contribution in [3.05, 3.63) is 0 Å². The molecule has 2 heteroatoms. The van der Waals surface area contributed by atoms with Crippen molar-refractivity contribution in [1.82, 2.24) is 4.90 Å². The summed E-state index contributed by atoms with van der Waals surface area (Å²) < 4.78 is 0. The highest BCUT2D eigenvalue weighted by molar-refractivity contribution is 4.47. The Morgan fingerprint density at radius 1 is 1.25 bits per heavy atom. The van der Waals surface area contributed by atoms with Crippen LogP contribution in [0.2, 0.25) is 0 Å². The maximum atomic E-state index is 10.0. The van der Waals surface area contributed by atoms with Crippen LogP contribution in [-0.4, -0.2) is 31.1 Å². The first-order chi connectivity index (χ1) is 3.85. The molecule has 0 fully saturated rings. The van der Waals surface area contributed by atoms with Crippen molar-refractivity contribution in [2.24, 2.45) is 0 Å². The van der Waals surface area contributed by atoms with Gasteiger partial charge in [0, 0.05) is 6.54 Å². The fourth-order valence-electron chi connectivity index (χ4n) is 0.669. The van der Waals surface area contributed by atoms with E-state index in [4.69, 9.17) is 0 Å². The lowest BCUT2D eigenvalue weighted by molar-refractivity contribution is 0.146. The summed E-state index contributed by atoms with van der Waals surface area (Å²) in [5.41, 5.74) is 0. The van der Waals surface area contributed by atoms with Crippen LogP contribution < -0.4 is 0 Å². The van der Waals surface area contributed by atoms with E-state index in [1.165, 1.54) is 0 Å². The summed E-state index contributed by atoms with van der Waals surface area (Å²) in [6, 6.07) is 0. The fourth-order valence-corrected chi connectivity index (χ4v) is 0.669. The van der Waals surface area contributed by atoms with Gasteiger partial charge in [-0.05, 0) is 13.1 Å². The van der Waals surface area contributed by atoms with E-state index >= 15 is 0 Å². The Bertz CT molecular complexity index is 43.8. The monoisotopic (exact) mass is 116 g/mol. The smallest absolute Gasteiger partial charge is 0.0949 e. The molecule has 0 spiro atoms. The van der Waals surface area contributed by atoms with E-state index in [9.17, 15) is 5.11 Å². The fraction of sp³-hybridized carbons (Fsp3) is 1.00. The lowest BCUT2D eigenvalue weighted by atomic mass is 10.5. The first kappa shape index (κ1) is 7.92. The second-order valence-corrected chi connectivity index (χ2v) is 1.73. The lowest BCUT2D eigenvalue weighted by Crippen LogP contribution is -2.25. The quantitative estimate of drug-likeness (QED) is 0.531. The molecule has 1 radical (unpaired) electrons. The molecule has 0 rings (SSSR count). The van der Waals surface area contributed by atoms with E-state index in [2.05, 4.69) is 18.7 Å². The maximum absolute atomic E-state index is 10.0. The Morgan fingerprint density at radius 2 is 1.75 bits per heavy atom. The second-order valence-electron chi connectivity index (χ2n) is 1.73. The van der Waals surface area contributed by atoms with Gasteiger partial charge in [0.2, 0.25) is 0 Å². The largest absolute Gasteiger partial charge is 0.301 e. The Balaban J connectivity index is 3.07. The minimum Gasteiger partial charge on any atom is -0.301 e. The summed E-state index contributed by atoms with van der Waals surface area (Å²) in [7, 11) is 0. The van der Waals surface area contributed by atoms with Crippen LogP contribution in [0.4, 0.5) is 0 Å². The number of likely N-dealkylation sites (N-methyl/N-ethyl adjacent to an activating group) is 1. The predicted molar refractivity (Wildman–Crippen MR) is 33.3 cm³/mol. The topological polar surface area (TPSA) is 23.1 Å².